The molecule has 0 fully saturated rings. The molecular formula is C5H5F2NS. The highest BCUT2D eigenvalue weighted by molar-refractivity contribution is 7.09. The third kappa shape index (κ3) is 1.24. The van der Waals surface area contributed by atoms with Crippen molar-refractivity contribution in [2.24, 2.45) is 0 Å². The van der Waals surface area contributed by atoms with E-state index in [0.29, 0.717) is 4.88 Å². The molecule has 1 aromatic heterocycles. The van der Waals surface area contributed by atoms with Crippen LogP contribution in [0, 0.1) is 6.92 Å². The average Bonchev–Trinajstić information content (AvgIpc) is 2.13. The van der Waals surface area contributed by atoms with Crippen LogP contribution in [-0.2, 0) is 0 Å². The number of aromatic nitrogens is 1. The molecule has 0 amide bonds. The molecule has 1 aromatic rings. The zero-order valence-electron chi connectivity index (χ0n) is 4.77. The van der Waals surface area contributed by atoms with Gasteiger partial charge in [-0.05, 0) is 6.92 Å². The zero-order chi connectivity index (χ0) is 6.85. The van der Waals surface area contributed by atoms with Gasteiger partial charge in [-0.2, -0.15) is 0 Å². The van der Waals surface area contributed by atoms with E-state index in [1.54, 1.807) is 6.92 Å². The van der Waals surface area contributed by atoms with Crippen LogP contribution in [0.4, 0.5) is 8.78 Å². The number of hydrogen-bond donors (Lipinski definition) is 0. The minimum atomic E-state index is -2.42. The van der Waals surface area contributed by atoms with Gasteiger partial charge in [0.25, 0.3) is 6.43 Å². The van der Waals surface area contributed by atoms with Crippen LogP contribution in [0.3, 0.4) is 0 Å². The lowest BCUT2D eigenvalue weighted by molar-refractivity contribution is 0.146. The second kappa shape index (κ2) is 2.39. The first-order chi connectivity index (χ1) is 4.22. The number of halogens is 2. The van der Waals surface area contributed by atoms with Gasteiger partial charge in [-0.3, -0.25) is 0 Å². The van der Waals surface area contributed by atoms with E-state index in [0.717, 1.165) is 0 Å². The van der Waals surface area contributed by atoms with Crippen molar-refractivity contribution in [1.82, 2.24) is 4.98 Å². The van der Waals surface area contributed by atoms with Gasteiger partial charge in [-0.1, -0.05) is 0 Å². The molecule has 1 nitrogen and oxygen atoms in total. The van der Waals surface area contributed by atoms with Crippen molar-refractivity contribution in [2.75, 3.05) is 0 Å². The minimum Gasteiger partial charge on any atom is -0.243 e. The summed E-state index contributed by atoms with van der Waals surface area (Å²) in [6, 6.07) is 0. The molecule has 0 aliphatic rings. The van der Waals surface area contributed by atoms with Gasteiger partial charge in [0.05, 0.1) is 5.51 Å². The van der Waals surface area contributed by atoms with Crippen LogP contribution >= 0.6 is 11.3 Å². The van der Waals surface area contributed by atoms with Crippen LogP contribution in [0.15, 0.2) is 5.51 Å². The van der Waals surface area contributed by atoms with Gasteiger partial charge >= 0.3 is 0 Å². The number of aryl methyl sites for hydroxylation is 1. The molecule has 0 spiro atoms. The quantitative estimate of drug-likeness (QED) is 0.597. The highest BCUT2D eigenvalue weighted by Gasteiger charge is 2.11. The van der Waals surface area contributed by atoms with Crippen molar-refractivity contribution in [2.45, 2.75) is 13.3 Å². The first-order valence-electron chi connectivity index (χ1n) is 2.40. The largest absolute Gasteiger partial charge is 0.281 e. The summed E-state index contributed by atoms with van der Waals surface area (Å²) in [5.74, 6) is 0. The lowest BCUT2D eigenvalue weighted by Gasteiger charge is -1.91. The van der Waals surface area contributed by atoms with E-state index >= 15 is 0 Å². The fourth-order valence-corrected chi connectivity index (χ4v) is 1.11. The highest BCUT2D eigenvalue weighted by Crippen LogP contribution is 2.22. The smallest absolute Gasteiger partial charge is 0.243 e. The van der Waals surface area contributed by atoms with E-state index in [1.165, 1.54) is 16.8 Å². The van der Waals surface area contributed by atoms with E-state index < -0.39 is 6.43 Å². The van der Waals surface area contributed by atoms with Gasteiger partial charge in [0.2, 0.25) is 0 Å². The zero-order valence-corrected chi connectivity index (χ0v) is 5.58. The summed E-state index contributed by atoms with van der Waals surface area (Å²) in [7, 11) is 0. The Kier molecular flexibility index (Phi) is 1.75. The average molecular weight is 149 g/mol. The Labute approximate surface area is 55.4 Å². The fraction of sp³-hybridized carbons (Fsp3) is 0.400. The third-order valence-electron chi connectivity index (χ3n) is 0.989. The summed E-state index contributed by atoms with van der Waals surface area (Å²) in [6.45, 7) is 1.64. The monoisotopic (exact) mass is 149 g/mol. The van der Waals surface area contributed by atoms with E-state index in [-0.39, 0.29) is 5.69 Å². The molecule has 0 aliphatic heterocycles. The number of thiazole rings is 1. The minimum absolute atomic E-state index is 0.0833. The van der Waals surface area contributed by atoms with Gasteiger partial charge in [-0.15, -0.1) is 11.3 Å². The summed E-state index contributed by atoms with van der Waals surface area (Å²) in [4.78, 5) is 4.09. The molecular weight excluding hydrogens is 144 g/mol. The Balaban J connectivity index is 2.94. The van der Waals surface area contributed by atoms with Gasteiger partial charge in [-0.25, -0.2) is 13.8 Å². The standard InChI is InChI=1S/C5H5F2NS/c1-3-4(5(6)7)8-2-9-3/h2,5H,1H3. The summed E-state index contributed by atoms with van der Waals surface area (Å²) in [5, 5.41) is 0. The number of nitrogens with zero attached hydrogens (tertiary/aromatic N) is 1. The Bertz CT molecular complexity index is 197. The van der Waals surface area contributed by atoms with Gasteiger partial charge in [0.1, 0.15) is 5.69 Å². The van der Waals surface area contributed by atoms with Gasteiger partial charge < -0.3 is 0 Å². The number of hydrogen-bond acceptors (Lipinski definition) is 2. The van der Waals surface area contributed by atoms with Crippen molar-refractivity contribution < 1.29 is 8.78 Å². The fourth-order valence-electron chi connectivity index (χ4n) is 0.523. The topological polar surface area (TPSA) is 12.9 Å². The predicted molar refractivity (Wildman–Crippen MR) is 31.8 cm³/mol. The molecule has 0 bridgehead atoms. The van der Waals surface area contributed by atoms with Crippen molar-refractivity contribution >= 4 is 11.3 Å². The molecule has 1 rings (SSSR count). The number of alkyl halides is 2. The van der Waals surface area contributed by atoms with E-state index in [1.807, 2.05) is 0 Å². The van der Waals surface area contributed by atoms with E-state index in [2.05, 4.69) is 4.98 Å². The van der Waals surface area contributed by atoms with Crippen molar-refractivity contribution in [3.63, 3.8) is 0 Å². The van der Waals surface area contributed by atoms with Crippen molar-refractivity contribution in [1.29, 1.82) is 0 Å². The van der Waals surface area contributed by atoms with Crippen LogP contribution < -0.4 is 0 Å². The summed E-state index contributed by atoms with van der Waals surface area (Å²) < 4.78 is 23.6. The molecule has 0 N–H and O–H groups in total. The second-order valence-electron chi connectivity index (χ2n) is 1.59. The molecule has 9 heavy (non-hydrogen) atoms. The maximum absolute atomic E-state index is 11.8. The number of rotatable bonds is 1. The third-order valence-corrected chi connectivity index (χ3v) is 1.76. The van der Waals surface area contributed by atoms with Crippen molar-refractivity contribution in [3.8, 4) is 0 Å². The highest BCUT2D eigenvalue weighted by atomic mass is 32.1. The van der Waals surface area contributed by atoms with Crippen LogP contribution in [0.2, 0.25) is 0 Å². The van der Waals surface area contributed by atoms with Crippen LogP contribution in [-0.4, -0.2) is 4.98 Å². The van der Waals surface area contributed by atoms with Crippen LogP contribution in [0.25, 0.3) is 0 Å². The second-order valence-corrected chi connectivity index (χ2v) is 2.65. The first-order valence-corrected chi connectivity index (χ1v) is 3.28. The van der Waals surface area contributed by atoms with Crippen LogP contribution in [0.1, 0.15) is 17.0 Å². The molecule has 1 heterocycles. The lowest BCUT2D eigenvalue weighted by atomic mass is 10.4. The predicted octanol–water partition coefficient (Wildman–Crippen LogP) is 2.39. The van der Waals surface area contributed by atoms with Crippen molar-refractivity contribution in [3.05, 3.63) is 16.1 Å². The van der Waals surface area contributed by atoms with Gasteiger partial charge in [0, 0.05) is 4.88 Å². The summed E-state index contributed by atoms with van der Waals surface area (Å²) in [6.07, 6.45) is -2.42. The Morgan fingerprint density at radius 2 is 2.33 bits per heavy atom. The molecule has 0 aromatic carbocycles. The van der Waals surface area contributed by atoms with E-state index in [4.69, 9.17) is 0 Å². The molecule has 0 radical (unpaired) electrons. The molecule has 4 heteroatoms. The molecule has 50 valence electrons. The van der Waals surface area contributed by atoms with Crippen LogP contribution in [0.5, 0.6) is 0 Å². The first kappa shape index (κ1) is 6.61. The maximum atomic E-state index is 11.8. The summed E-state index contributed by atoms with van der Waals surface area (Å²) >= 11 is 1.24. The molecule has 0 unspecified atom stereocenters. The Morgan fingerprint density at radius 3 is 2.56 bits per heavy atom. The normalized spacial score (nSPS) is 10.7. The molecule has 0 saturated carbocycles. The molecule has 0 atom stereocenters. The van der Waals surface area contributed by atoms with Gasteiger partial charge in [0.15, 0.2) is 0 Å². The lowest BCUT2D eigenvalue weighted by Crippen LogP contribution is -1.84. The molecule has 0 saturated heterocycles. The maximum Gasteiger partial charge on any atom is 0.281 e. The Morgan fingerprint density at radius 1 is 1.67 bits per heavy atom. The summed E-state index contributed by atoms with van der Waals surface area (Å²) in [5.41, 5.74) is 1.34. The SMILES string of the molecule is Cc1scnc1C(F)F. The molecule has 0 aliphatic carbocycles. The Hall–Kier alpha value is -0.510. The van der Waals surface area contributed by atoms with E-state index in [9.17, 15) is 8.78 Å².